The zero-order valence-electron chi connectivity index (χ0n) is 10.9. The van der Waals surface area contributed by atoms with Gasteiger partial charge in [-0.15, -0.1) is 0 Å². The molecule has 0 saturated carbocycles. The van der Waals surface area contributed by atoms with Crippen molar-refractivity contribution in [1.29, 1.82) is 0 Å². The Labute approximate surface area is 111 Å². The second-order valence-electron chi connectivity index (χ2n) is 4.33. The maximum absolute atomic E-state index is 11.8. The summed E-state index contributed by atoms with van der Waals surface area (Å²) in [6.45, 7) is 4.27. The number of hydrogen-bond acceptors (Lipinski definition) is 5. The summed E-state index contributed by atoms with van der Waals surface area (Å²) in [6, 6.07) is 5.31. The smallest absolute Gasteiger partial charge is 0.270 e. The van der Waals surface area contributed by atoms with Gasteiger partial charge in [-0.05, 0) is 32.0 Å². The highest BCUT2D eigenvalue weighted by Gasteiger charge is 2.09. The average Bonchev–Trinajstić information content (AvgIpc) is 2.89. The van der Waals surface area contributed by atoms with E-state index >= 15 is 0 Å². The third-order valence-corrected chi connectivity index (χ3v) is 2.31. The summed E-state index contributed by atoms with van der Waals surface area (Å²) < 4.78 is 5.19. The first kappa shape index (κ1) is 13.1. The molecule has 1 amide bonds. The molecule has 2 rings (SSSR count). The predicted molar refractivity (Wildman–Crippen MR) is 70.7 cm³/mol. The number of amides is 1. The number of aromatic nitrogens is 2. The maximum Gasteiger partial charge on any atom is 0.270 e. The minimum absolute atomic E-state index is 0.0713. The third kappa shape index (κ3) is 3.80. The van der Waals surface area contributed by atoms with Crippen LogP contribution in [0.25, 0.3) is 0 Å². The van der Waals surface area contributed by atoms with Crippen LogP contribution in [0.1, 0.15) is 30.1 Å². The molecule has 0 atom stereocenters. The molecule has 0 aliphatic carbocycles. The van der Waals surface area contributed by atoms with E-state index in [4.69, 9.17) is 4.42 Å². The average molecular weight is 260 g/mol. The Hall–Kier alpha value is -2.37. The van der Waals surface area contributed by atoms with Crippen LogP contribution < -0.4 is 10.6 Å². The molecule has 2 N–H and O–H groups in total. The third-order valence-electron chi connectivity index (χ3n) is 2.31. The first-order valence-corrected chi connectivity index (χ1v) is 6.05. The molecule has 0 aromatic carbocycles. The van der Waals surface area contributed by atoms with Gasteiger partial charge in [0.1, 0.15) is 11.5 Å². The van der Waals surface area contributed by atoms with Crippen LogP contribution >= 0.6 is 0 Å². The molecule has 0 bridgehead atoms. The van der Waals surface area contributed by atoms with E-state index in [0.29, 0.717) is 18.2 Å². The molecule has 6 heteroatoms. The summed E-state index contributed by atoms with van der Waals surface area (Å²) >= 11 is 0. The molecule has 0 aliphatic rings. The molecule has 0 spiro atoms. The van der Waals surface area contributed by atoms with Crippen LogP contribution in [-0.4, -0.2) is 21.9 Å². The SMILES string of the molecule is CC(C)NC(=O)c1ccnc(NCc2ccco2)n1. The largest absolute Gasteiger partial charge is 0.467 e. The molecule has 0 radical (unpaired) electrons. The van der Waals surface area contributed by atoms with Crippen LogP contribution in [0, 0.1) is 0 Å². The molecular weight excluding hydrogens is 244 g/mol. The zero-order chi connectivity index (χ0) is 13.7. The van der Waals surface area contributed by atoms with Gasteiger partial charge in [0.25, 0.3) is 5.91 Å². The lowest BCUT2D eigenvalue weighted by Crippen LogP contribution is -2.30. The van der Waals surface area contributed by atoms with Crippen molar-refractivity contribution in [2.45, 2.75) is 26.4 Å². The van der Waals surface area contributed by atoms with Gasteiger partial charge in [0.2, 0.25) is 5.95 Å². The van der Waals surface area contributed by atoms with E-state index in [1.165, 1.54) is 0 Å². The summed E-state index contributed by atoms with van der Waals surface area (Å²) in [7, 11) is 0. The minimum atomic E-state index is -0.210. The molecule has 0 aliphatic heterocycles. The Kier molecular flexibility index (Phi) is 4.12. The van der Waals surface area contributed by atoms with E-state index in [0.717, 1.165) is 5.76 Å². The fraction of sp³-hybridized carbons (Fsp3) is 0.308. The van der Waals surface area contributed by atoms with Crippen molar-refractivity contribution in [3.8, 4) is 0 Å². The monoisotopic (exact) mass is 260 g/mol. The lowest BCUT2D eigenvalue weighted by molar-refractivity contribution is 0.0938. The molecule has 0 fully saturated rings. The van der Waals surface area contributed by atoms with Crippen LogP contribution in [0.4, 0.5) is 5.95 Å². The van der Waals surface area contributed by atoms with E-state index in [1.807, 2.05) is 26.0 Å². The Balaban J connectivity index is 2.00. The maximum atomic E-state index is 11.8. The Morgan fingerprint density at radius 2 is 2.26 bits per heavy atom. The molecule has 6 nitrogen and oxygen atoms in total. The Morgan fingerprint density at radius 3 is 2.95 bits per heavy atom. The summed E-state index contributed by atoms with van der Waals surface area (Å²) in [4.78, 5) is 20.0. The second kappa shape index (κ2) is 5.99. The first-order valence-electron chi connectivity index (χ1n) is 6.05. The van der Waals surface area contributed by atoms with Gasteiger partial charge in [0, 0.05) is 12.2 Å². The Morgan fingerprint density at radius 1 is 1.42 bits per heavy atom. The zero-order valence-corrected chi connectivity index (χ0v) is 10.9. The number of carbonyl (C=O) groups is 1. The highest BCUT2D eigenvalue weighted by Crippen LogP contribution is 2.05. The number of furan rings is 1. The van der Waals surface area contributed by atoms with Crippen molar-refractivity contribution in [3.63, 3.8) is 0 Å². The van der Waals surface area contributed by atoms with Crippen LogP contribution in [0.3, 0.4) is 0 Å². The molecule has 0 saturated heterocycles. The predicted octanol–water partition coefficient (Wildman–Crippen LogP) is 1.82. The summed E-state index contributed by atoms with van der Waals surface area (Å²) in [5.41, 5.74) is 0.339. The molecule has 100 valence electrons. The van der Waals surface area contributed by atoms with Crippen molar-refractivity contribution < 1.29 is 9.21 Å². The van der Waals surface area contributed by atoms with E-state index in [9.17, 15) is 4.79 Å². The normalized spacial score (nSPS) is 10.5. The minimum Gasteiger partial charge on any atom is -0.467 e. The molecule has 2 aromatic rings. The fourth-order valence-electron chi connectivity index (χ4n) is 1.49. The van der Waals surface area contributed by atoms with E-state index < -0.39 is 0 Å². The number of hydrogen-bond donors (Lipinski definition) is 2. The van der Waals surface area contributed by atoms with Crippen molar-refractivity contribution in [2.24, 2.45) is 0 Å². The molecular formula is C13H16N4O2. The van der Waals surface area contributed by atoms with Crippen LogP contribution in [-0.2, 0) is 6.54 Å². The lowest BCUT2D eigenvalue weighted by Gasteiger charge is -2.08. The fourth-order valence-corrected chi connectivity index (χ4v) is 1.49. The molecule has 2 aromatic heterocycles. The van der Waals surface area contributed by atoms with E-state index in [1.54, 1.807) is 18.5 Å². The summed E-state index contributed by atoms with van der Waals surface area (Å²) in [5.74, 6) is 0.965. The van der Waals surface area contributed by atoms with Gasteiger partial charge >= 0.3 is 0 Å². The van der Waals surface area contributed by atoms with Gasteiger partial charge in [-0.2, -0.15) is 0 Å². The summed E-state index contributed by atoms with van der Waals surface area (Å²) in [5, 5.41) is 5.78. The van der Waals surface area contributed by atoms with Gasteiger partial charge in [-0.1, -0.05) is 0 Å². The molecule has 2 heterocycles. The topological polar surface area (TPSA) is 80.0 Å². The summed E-state index contributed by atoms with van der Waals surface area (Å²) in [6.07, 6.45) is 3.15. The van der Waals surface area contributed by atoms with Gasteiger partial charge in [-0.25, -0.2) is 9.97 Å². The first-order chi connectivity index (χ1) is 9.15. The van der Waals surface area contributed by atoms with Gasteiger partial charge in [0.15, 0.2) is 0 Å². The highest BCUT2D eigenvalue weighted by atomic mass is 16.3. The van der Waals surface area contributed by atoms with Crippen LogP contribution in [0.5, 0.6) is 0 Å². The standard InChI is InChI=1S/C13H16N4O2/c1-9(2)16-12(18)11-5-6-14-13(17-11)15-8-10-4-3-7-19-10/h3-7,9H,8H2,1-2H3,(H,16,18)(H,14,15,17). The van der Waals surface area contributed by atoms with Crippen LogP contribution in [0.2, 0.25) is 0 Å². The number of nitrogens with one attached hydrogen (secondary N) is 2. The van der Waals surface area contributed by atoms with Gasteiger partial charge < -0.3 is 15.1 Å². The lowest BCUT2D eigenvalue weighted by atomic mass is 10.3. The van der Waals surface area contributed by atoms with Gasteiger partial charge in [-0.3, -0.25) is 4.79 Å². The molecule has 0 unspecified atom stereocenters. The van der Waals surface area contributed by atoms with Crippen molar-refractivity contribution in [3.05, 3.63) is 42.1 Å². The number of anilines is 1. The highest BCUT2D eigenvalue weighted by molar-refractivity contribution is 5.92. The van der Waals surface area contributed by atoms with Gasteiger partial charge in [0.05, 0.1) is 12.8 Å². The van der Waals surface area contributed by atoms with Crippen LogP contribution in [0.15, 0.2) is 35.1 Å². The second-order valence-corrected chi connectivity index (χ2v) is 4.33. The van der Waals surface area contributed by atoms with Crippen molar-refractivity contribution in [1.82, 2.24) is 15.3 Å². The quantitative estimate of drug-likeness (QED) is 0.857. The number of nitrogens with zero attached hydrogens (tertiary/aromatic N) is 2. The van der Waals surface area contributed by atoms with Crippen molar-refractivity contribution >= 4 is 11.9 Å². The van der Waals surface area contributed by atoms with E-state index in [-0.39, 0.29) is 11.9 Å². The Bertz CT molecular complexity index is 537. The number of carbonyl (C=O) groups excluding carboxylic acids is 1. The number of rotatable bonds is 5. The van der Waals surface area contributed by atoms with Crippen molar-refractivity contribution in [2.75, 3.05) is 5.32 Å². The van der Waals surface area contributed by atoms with E-state index in [2.05, 4.69) is 20.6 Å². The molecule has 19 heavy (non-hydrogen) atoms.